The molecule has 0 aliphatic heterocycles. The molecule has 0 aliphatic carbocycles. The Morgan fingerprint density at radius 3 is 2.75 bits per heavy atom. The molecule has 2 rings (SSSR count). The third-order valence-corrected chi connectivity index (χ3v) is 3.57. The fourth-order valence-corrected chi connectivity index (χ4v) is 2.37. The van der Waals surface area contributed by atoms with E-state index >= 15 is 0 Å². The number of hydrogen-bond acceptors (Lipinski definition) is 3. The van der Waals surface area contributed by atoms with Gasteiger partial charge in [0.25, 0.3) is 0 Å². The molecule has 4 heteroatoms. The Morgan fingerprint density at radius 1 is 1.25 bits per heavy atom. The molecule has 0 spiro atoms. The molecule has 0 saturated heterocycles. The van der Waals surface area contributed by atoms with Crippen molar-refractivity contribution in [2.45, 2.75) is 32.9 Å². The summed E-state index contributed by atoms with van der Waals surface area (Å²) in [5.41, 5.74) is 8.76. The van der Waals surface area contributed by atoms with Gasteiger partial charge in [-0.2, -0.15) is 0 Å². The molecule has 1 heterocycles. The van der Waals surface area contributed by atoms with Crippen LogP contribution in [0.4, 0.5) is 0 Å². The summed E-state index contributed by atoms with van der Waals surface area (Å²) < 4.78 is 7.02. The van der Waals surface area contributed by atoms with Gasteiger partial charge in [-0.3, -0.25) is 4.98 Å². The molecule has 0 aliphatic rings. The average Bonchev–Trinajstić information content (AvgIpc) is 2.46. The molecule has 0 atom stereocenters. The molecule has 0 bridgehead atoms. The minimum absolute atomic E-state index is 0.416. The highest BCUT2D eigenvalue weighted by Crippen LogP contribution is 2.30. The van der Waals surface area contributed by atoms with Crippen LogP contribution in [0.2, 0.25) is 0 Å². The predicted octanol–water partition coefficient (Wildman–Crippen LogP) is 4.01. The highest BCUT2D eigenvalue weighted by atomic mass is 79.9. The highest BCUT2D eigenvalue weighted by Gasteiger charge is 2.09. The zero-order valence-corrected chi connectivity index (χ0v) is 13.4. The SMILES string of the molecule is CC(C)c1cc(Br)ccc1OCc1ccnc(CN)c1. The van der Waals surface area contributed by atoms with Crippen LogP contribution in [0.1, 0.15) is 36.6 Å². The van der Waals surface area contributed by atoms with E-state index in [1.165, 1.54) is 5.56 Å². The number of hydrogen-bond donors (Lipinski definition) is 1. The Labute approximate surface area is 128 Å². The van der Waals surface area contributed by atoms with Crippen LogP contribution in [-0.4, -0.2) is 4.98 Å². The summed E-state index contributed by atoms with van der Waals surface area (Å²) in [6.45, 7) is 5.29. The van der Waals surface area contributed by atoms with Crippen molar-refractivity contribution in [1.29, 1.82) is 0 Å². The van der Waals surface area contributed by atoms with E-state index in [1.807, 2.05) is 24.3 Å². The fraction of sp³-hybridized carbons (Fsp3) is 0.312. The van der Waals surface area contributed by atoms with Crippen molar-refractivity contribution in [2.75, 3.05) is 0 Å². The van der Waals surface area contributed by atoms with Crippen molar-refractivity contribution in [1.82, 2.24) is 4.98 Å². The van der Waals surface area contributed by atoms with Crippen molar-refractivity contribution in [3.63, 3.8) is 0 Å². The highest BCUT2D eigenvalue weighted by molar-refractivity contribution is 9.10. The van der Waals surface area contributed by atoms with Gasteiger partial charge < -0.3 is 10.5 Å². The normalized spacial score (nSPS) is 10.8. The van der Waals surface area contributed by atoms with Gasteiger partial charge in [-0.05, 0) is 47.4 Å². The zero-order valence-electron chi connectivity index (χ0n) is 11.8. The molecule has 0 unspecified atom stereocenters. The molecular formula is C16H19BrN2O. The lowest BCUT2D eigenvalue weighted by Gasteiger charge is -2.14. The van der Waals surface area contributed by atoms with Gasteiger partial charge >= 0.3 is 0 Å². The summed E-state index contributed by atoms with van der Waals surface area (Å²) >= 11 is 3.50. The van der Waals surface area contributed by atoms with Gasteiger partial charge in [-0.25, -0.2) is 0 Å². The van der Waals surface area contributed by atoms with E-state index in [4.69, 9.17) is 10.5 Å². The molecule has 0 radical (unpaired) electrons. The van der Waals surface area contributed by atoms with Crippen molar-refractivity contribution in [3.05, 3.63) is 57.8 Å². The van der Waals surface area contributed by atoms with Gasteiger partial charge in [-0.15, -0.1) is 0 Å². The quantitative estimate of drug-likeness (QED) is 0.898. The lowest BCUT2D eigenvalue weighted by atomic mass is 10.0. The van der Waals surface area contributed by atoms with Crippen molar-refractivity contribution >= 4 is 15.9 Å². The molecule has 2 aromatic rings. The molecule has 106 valence electrons. The Morgan fingerprint density at radius 2 is 2.05 bits per heavy atom. The Hall–Kier alpha value is -1.39. The molecular weight excluding hydrogens is 316 g/mol. The maximum absolute atomic E-state index is 5.95. The molecule has 1 aromatic carbocycles. The number of ether oxygens (including phenoxy) is 1. The van der Waals surface area contributed by atoms with Crippen LogP contribution in [0.15, 0.2) is 41.0 Å². The van der Waals surface area contributed by atoms with Gasteiger partial charge in [0.15, 0.2) is 0 Å². The third-order valence-electron chi connectivity index (χ3n) is 3.08. The van der Waals surface area contributed by atoms with Gasteiger partial charge in [0.1, 0.15) is 12.4 Å². The van der Waals surface area contributed by atoms with Crippen molar-refractivity contribution in [3.8, 4) is 5.75 Å². The standard InChI is InChI=1S/C16H19BrN2O/c1-11(2)15-8-13(17)3-4-16(15)20-10-12-5-6-19-14(7-12)9-18/h3-8,11H,9-10,18H2,1-2H3. The Bertz CT molecular complexity index is 584. The largest absolute Gasteiger partial charge is 0.489 e. The number of halogens is 1. The smallest absolute Gasteiger partial charge is 0.123 e. The average molecular weight is 335 g/mol. The Kier molecular flexibility index (Phi) is 5.15. The lowest BCUT2D eigenvalue weighted by Crippen LogP contribution is -2.03. The van der Waals surface area contributed by atoms with Crippen LogP contribution in [0.25, 0.3) is 0 Å². The van der Waals surface area contributed by atoms with E-state index in [9.17, 15) is 0 Å². The summed E-state index contributed by atoms with van der Waals surface area (Å²) in [6.07, 6.45) is 1.77. The molecule has 3 nitrogen and oxygen atoms in total. The number of aromatic nitrogens is 1. The second kappa shape index (κ2) is 6.86. The van der Waals surface area contributed by atoms with Crippen molar-refractivity contribution < 1.29 is 4.74 Å². The first kappa shape index (κ1) is 15.0. The molecule has 0 saturated carbocycles. The summed E-state index contributed by atoms with van der Waals surface area (Å²) in [5.74, 6) is 1.34. The van der Waals surface area contributed by atoms with Crippen LogP contribution in [0.3, 0.4) is 0 Å². The third kappa shape index (κ3) is 3.81. The van der Waals surface area contributed by atoms with E-state index in [2.05, 4.69) is 40.8 Å². The monoisotopic (exact) mass is 334 g/mol. The van der Waals surface area contributed by atoms with E-state index in [0.717, 1.165) is 21.5 Å². The first-order valence-corrected chi connectivity index (χ1v) is 7.45. The minimum atomic E-state index is 0.416. The summed E-state index contributed by atoms with van der Waals surface area (Å²) in [7, 11) is 0. The second-order valence-electron chi connectivity index (χ2n) is 4.99. The molecule has 20 heavy (non-hydrogen) atoms. The van der Waals surface area contributed by atoms with E-state index in [0.29, 0.717) is 19.1 Å². The fourth-order valence-electron chi connectivity index (χ4n) is 1.99. The molecule has 2 N–H and O–H groups in total. The van der Waals surface area contributed by atoms with Crippen molar-refractivity contribution in [2.24, 2.45) is 5.73 Å². The number of pyridine rings is 1. The maximum Gasteiger partial charge on any atom is 0.123 e. The number of rotatable bonds is 5. The van der Waals surface area contributed by atoms with Crippen LogP contribution in [0, 0.1) is 0 Å². The topological polar surface area (TPSA) is 48.1 Å². The van der Waals surface area contributed by atoms with Gasteiger partial charge in [0, 0.05) is 17.2 Å². The number of nitrogens with zero attached hydrogens (tertiary/aromatic N) is 1. The summed E-state index contributed by atoms with van der Waals surface area (Å²) in [5, 5.41) is 0. The second-order valence-corrected chi connectivity index (χ2v) is 5.90. The maximum atomic E-state index is 5.95. The lowest BCUT2D eigenvalue weighted by molar-refractivity contribution is 0.301. The first-order valence-electron chi connectivity index (χ1n) is 6.66. The zero-order chi connectivity index (χ0) is 14.5. The van der Waals surface area contributed by atoms with Gasteiger partial charge in [0.2, 0.25) is 0 Å². The first-order chi connectivity index (χ1) is 9.60. The summed E-state index contributed by atoms with van der Waals surface area (Å²) in [4.78, 5) is 4.18. The summed E-state index contributed by atoms with van der Waals surface area (Å²) in [6, 6.07) is 10.0. The number of benzene rings is 1. The molecule has 0 amide bonds. The van der Waals surface area contributed by atoms with E-state index in [-0.39, 0.29) is 0 Å². The van der Waals surface area contributed by atoms with Crippen LogP contribution >= 0.6 is 15.9 Å². The number of nitrogens with two attached hydrogens (primary N) is 1. The van der Waals surface area contributed by atoms with Crippen LogP contribution in [0.5, 0.6) is 5.75 Å². The predicted molar refractivity (Wildman–Crippen MR) is 84.7 cm³/mol. The van der Waals surface area contributed by atoms with Crippen LogP contribution < -0.4 is 10.5 Å². The van der Waals surface area contributed by atoms with Gasteiger partial charge in [-0.1, -0.05) is 29.8 Å². The van der Waals surface area contributed by atoms with E-state index in [1.54, 1.807) is 6.20 Å². The van der Waals surface area contributed by atoms with Crippen LogP contribution in [-0.2, 0) is 13.2 Å². The molecule has 0 fully saturated rings. The Balaban J connectivity index is 2.14. The molecule has 1 aromatic heterocycles. The van der Waals surface area contributed by atoms with Gasteiger partial charge in [0.05, 0.1) is 5.69 Å². The minimum Gasteiger partial charge on any atom is -0.489 e. The van der Waals surface area contributed by atoms with E-state index < -0.39 is 0 Å².